The van der Waals surface area contributed by atoms with Crippen molar-refractivity contribution in [3.63, 3.8) is 0 Å². The summed E-state index contributed by atoms with van der Waals surface area (Å²) in [6, 6.07) is 0. The molecule has 0 saturated heterocycles. The van der Waals surface area contributed by atoms with Gasteiger partial charge in [-0.3, -0.25) is 0 Å². The summed E-state index contributed by atoms with van der Waals surface area (Å²) in [6.45, 7) is 21.2. The van der Waals surface area contributed by atoms with Crippen LogP contribution in [0, 0.1) is 22.7 Å². The Morgan fingerprint density at radius 1 is 0.870 bits per heavy atom. The zero-order valence-corrected chi connectivity index (χ0v) is 16.7. The maximum Gasteiger partial charge on any atom is 0.00829 e. The van der Waals surface area contributed by atoms with Crippen molar-refractivity contribution in [3.05, 3.63) is 34.9 Å². The molecule has 2 aliphatic carbocycles. The van der Waals surface area contributed by atoms with E-state index in [1.165, 1.54) is 38.5 Å². The first-order valence-corrected chi connectivity index (χ1v) is 9.64. The average molecular weight is 315 g/mol. The summed E-state index contributed by atoms with van der Waals surface area (Å²) in [5.41, 5.74) is 7.43. The molecule has 0 amide bonds. The van der Waals surface area contributed by atoms with E-state index < -0.39 is 0 Å². The highest BCUT2D eigenvalue weighted by Crippen LogP contribution is 2.54. The fourth-order valence-corrected chi connectivity index (χ4v) is 5.46. The topological polar surface area (TPSA) is 0 Å². The lowest BCUT2D eigenvalue weighted by atomic mass is 9.57. The molecule has 0 heteroatoms. The molecule has 0 N–H and O–H groups in total. The molecule has 0 heterocycles. The van der Waals surface area contributed by atoms with Crippen LogP contribution < -0.4 is 0 Å². The summed E-state index contributed by atoms with van der Waals surface area (Å²) in [5.74, 6) is 1.07. The molecular formula is C23H38. The van der Waals surface area contributed by atoms with Crippen LogP contribution in [-0.2, 0) is 0 Å². The predicted molar refractivity (Wildman–Crippen MR) is 104 cm³/mol. The molecular weight excluding hydrogens is 276 g/mol. The van der Waals surface area contributed by atoms with Crippen molar-refractivity contribution in [2.24, 2.45) is 22.7 Å². The summed E-state index contributed by atoms with van der Waals surface area (Å²) >= 11 is 0. The molecule has 0 saturated carbocycles. The minimum Gasteiger partial charge on any atom is -0.103 e. The van der Waals surface area contributed by atoms with Crippen molar-refractivity contribution in [2.45, 2.75) is 87.0 Å². The van der Waals surface area contributed by atoms with Crippen LogP contribution in [0.5, 0.6) is 0 Å². The molecule has 2 rings (SSSR count). The normalized spacial score (nSPS) is 25.7. The molecule has 0 aromatic carbocycles. The van der Waals surface area contributed by atoms with E-state index in [4.69, 9.17) is 0 Å². The van der Waals surface area contributed by atoms with Crippen LogP contribution in [-0.4, -0.2) is 0 Å². The van der Waals surface area contributed by atoms with E-state index in [1.807, 2.05) is 0 Å². The van der Waals surface area contributed by atoms with Gasteiger partial charge in [0.15, 0.2) is 0 Å². The SMILES string of the molecule is C=CC(C)C(C1=C(C)CCCC1(C)C)C1=C(C)CCCC1(C)C. The van der Waals surface area contributed by atoms with E-state index >= 15 is 0 Å². The molecule has 0 fully saturated rings. The highest BCUT2D eigenvalue weighted by molar-refractivity contribution is 5.38. The van der Waals surface area contributed by atoms with Crippen molar-refractivity contribution in [1.82, 2.24) is 0 Å². The number of allylic oxidation sites excluding steroid dienone is 5. The third-order valence-electron chi connectivity index (χ3n) is 6.60. The van der Waals surface area contributed by atoms with Crippen molar-refractivity contribution in [2.75, 3.05) is 0 Å². The van der Waals surface area contributed by atoms with Gasteiger partial charge in [-0.15, -0.1) is 6.58 Å². The zero-order valence-electron chi connectivity index (χ0n) is 16.7. The maximum absolute atomic E-state index is 4.17. The second-order valence-corrected chi connectivity index (χ2v) is 9.44. The molecule has 1 atom stereocenters. The predicted octanol–water partition coefficient (Wildman–Crippen LogP) is 7.48. The van der Waals surface area contributed by atoms with Gasteiger partial charge in [0.2, 0.25) is 0 Å². The van der Waals surface area contributed by atoms with Crippen LogP contribution in [0.15, 0.2) is 34.9 Å². The number of hydrogen-bond acceptors (Lipinski definition) is 0. The van der Waals surface area contributed by atoms with E-state index in [-0.39, 0.29) is 0 Å². The van der Waals surface area contributed by atoms with Crippen molar-refractivity contribution < 1.29 is 0 Å². The van der Waals surface area contributed by atoms with Gasteiger partial charge in [0.25, 0.3) is 0 Å². The third-order valence-corrected chi connectivity index (χ3v) is 6.60. The quantitative estimate of drug-likeness (QED) is 0.472. The fraction of sp³-hybridized carbons (Fsp3) is 0.739. The molecule has 130 valence electrons. The van der Waals surface area contributed by atoms with Crippen LogP contribution in [0.4, 0.5) is 0 Å². The van der Waals surface area contributed by atoms with Gasteiger partial charge in [0, 0.05) is 5.92 Å². The minimum atomic E-state index is 0.324. The van der Waals surface area contributed by atoms with Gasteiger partial charge in [-0.2, -0.15) is 0 Å². The monoisotopic (exact) mass is 314 g/mol. The summed E-state index contributed by atoms with van der Waals surface area (Å²) in [5, 5.41) is 0. The third kappa shape index (κ3) is 3.52. The summed E-state index contributed by atoms with van der Waals surface area (Å²) in [6.07, 6.45) is 10.1. The van der Waals surface area contributed by atoms with Crippen LogP contribution in [0.3, 0.4) is 0 Å². The Morgan fingerprint density at radius 2 is 1.26 bits per heavy atom. The van der Waals surface area contributed by atoms with E-state index in [2.05, 4.69) is 61.1 Å². The Balaban J connectivity index is 2.65. The van der Waals surface area contributed by atoms with Crippen LogP contribution in [0.2, 0.25) is 0 Å². The molecule has 0 radical (unpaired) electrons. The van der Waals surface area contributed by atoms with Gasteiger partial charge in [0.05, 0.1) is 0 Å². The first-order chi connectivity index (χ1) is 10.6. The molecule has 1 unspecified atom stereocenters. The van der Waals surface area contributed by atoms with Crippen molar-refractivity contribution in [3.8, 4) is 0 Å². The van der Waals surface area contributed by atoms with Gasteiger partial charge in [-0.25, -0.2) is 0 Å². The summed E-state index contributed by atoms with van der Waals surface area (Å²) < 4.78 is 0. The van der Waals surface area contributed by atoms with Crippen LogP contribution in [0.25, 0.3) is 0 Å². The number of hydrogen-bond donors (Lipinski definition) is 0. The fourth-order valence-electron chi connectivity index (χ4n) is 5.46. The molecule has 0 nitrogen and oxygen atoms in total. The Bertz CT molecular complexity index is 482. The molecule has 23 heavy (non-hydrogen) atoms. The van der Waals surface area contributed by atoms with Crippen molar-refractivity contribution in [1.29, 1.82) is 0 Å². The Labute approximate surface area is 145 Å². The minimum absolute atomic E-state index is 0.324. The Kier molecular flexibility index (Phi) is 5.34. The lowest BCUT2D eigenvalue weighted by Gasteiger charge is -2.47. The van der Waals surface area contributed by atoms with E-state index in [9.17, 15) is 0 Å². The lowest BCUT2D eigenvalue weighted by molar-refractivity contribution is 0.267. The lowest BCUT2D eigenvalue weighted by Crippen LogP contribution is -2.35. The highest BCUT2D eigenvalue weighted by atomic mass is 14.5. The largest absolute Gasteiger partial charge is 0.103 e. The van der Waals surface area contributed by atoms with Gasteiger partial charge in [0.1, 0.15) is 0 Å². The molecule has 0 aliphatic heterocycles. The standard InChI is InChI=1S/C23H38/c1-9-16(2)19(20-17(3)12-10-14-22(20,5)6)21-18(4)13-11-15-23(21,7)8/h9,16,19H,1,10-15H2,2-8H3. The van der Waals surface area contributed by atoms with Crippen molar-refractivity contribution >= 4 is 0 Å². The van der Waals surface area contributed by atoms with Gasteiger partial charge < -0.3 is 0 Å². The van der Waals surface area contributed by atoms with E-state index in [0.717, 1.165) is 0 Å². The highest BCUT2D eigenvalue weighted by Gasteiger charge is 2.42. The molecule has 0 bridgehead atoms. The van der Waals surface area contributed by atoms with Gasteiger partial charge in [-0.05, 0) is 69.1 Å². The van der Waals surface area contributed by atoms with E-state index in [1.54, 1.807) is 22.3 Å². The second kappa shape index (κ2) is 6.61. The summed E-state index contributed by atoms with van der Waals surface area (Å²) in [7, 11) is 0. The first kappa shape index (κ1) is 18.6. The maximum atomic E-state index is 4.17. The van der Waals surface area contributed by atoms with Gasteiger partial charge >= 0.3 is 0 Å². The van der Waals surface area contributed by atoms with E-state index in [0.29, 0.717) is 22.7 Å². The second-order valence-electron chi connectivity index (χ2n) is 9.44. The Hall–Kier alpha value is -0.780. The zero-order chi connectivity index (χ0) is 17.4. The Morgan fingerprint density at radius 3 is 1.57 bits per heavy atom. The smallest absolute Gasteiger partial charge is 0.00829 e. The molecule has 0 spiro atoms. The molecule has 0 aromatic rings. The number of rotatable bonds is 4. The van der Waals surface area contributed by atoms with Crippen LogP contribution >= 0.6 is 0 Å². The molecule has 2 aliphatic rings. The summed E-state index contributed by atoms with van der Waals surface area (Å²) in [4.78, 5) is 0. The molecule has 0 aromatic heterocycles. The first-order valence-electron chi connectivity index (χ1n) is 9.64. The van der Waals surface area contributed by atoms with Gasteiger partial charge in [-0.1, -0.05) is 63.0 Å². The average Bonchev–Trinajstić information content (AvgIpc) is 2.42. The van der Waals surface area contributed by atoms with Crippen LogP contribution in [0.1, 0.15) is 87.0 Å².